The normalized spacial score (nSPS) is 11.8. The second-order valence-electron chi connectivity index (χ2n) is 17.2. The molecule has 0 aliphatic heterocycles. The number of aryl methyl sites for hydroxylation is 2. The van der Waals surface area contributed by atoms with Gasteiger partial charge in [-0.05, 0) is 93.5 Å². The van der Waals surface area contributed by atoms with Gasteiger partial charge in [0.15, 0.2) is 0 Å². The summed E-state index contributed by atoms with van der Waals surface area (Å²) in [7, 11) is 0. The van der Waals surface area contributed by atoms with E-state index in [0.717, 1.165) is 106 Å². The summed E-state index contributed by atoms with van der Waals surface area (Å²) in [6, 6.07) is 17.5. The predicted molar refractivity (Wildman–Crippen MR) is 270 cm³/mol. The van der Waals surface area contributed by atoms with Crippen LogP contribution in [0.4, 0.5) is 11.4 Å². The van der Waals surface area contributed by atoms with Gasteiger partial charge in [-0.2, -0.15) is 0 Å². The highest BCUT2D eigenvalue weighted by Crippen LogP contribution is 2.26. The Morgan fingerprint density at radius 2 is 0.817 bits per heavy atom. The fourth-order valence-corrected chi connectivity index (χ4v) is 7.79. The van der Waals surface area contributed by atoms with Crippen molar-refractivity contribution in [1.82, 2.24) is 0 Å². The molecular weight excluding hydrogens is 725 g/mol. The molecule has 60 heavy (non-hydrogen) atoms. The van der Waals surface area contributed by atoms with Crippen molar-refractivity contribution in [2.75, 3.05) is 0 Å². The quantitative estimate of drug-likeness (QED) is 0.0372. The van der Waals surface area contributed by atoms with E-state index in [0.29, 0.717) is 0 Å². The third-order valence-corrected chi connectivity index (χ3v) is 11.5. The van der Waals surface area contributed by atoms with E-state index in [1.54, 1.807) is 0 Å². The van der Waals surface area contributed by atoms with Crippen LogP contribution in [0.25, 0.3) is 0 Å². The van der Waals surface area contributed by atoms with E-state index in [1.165, 1.54) is 146 Å². The number of hydrogen-bond donors (Lipinski definition) is 0. The third-order valence-electron chi connectivity index (χ3n) is 11.5. The van der Waals surface area contributed by atoms with E-state index in [-0.39, 0.29) is 0 Å². The molecule has 2 aromatic rings. The minimum atomic E-state index is 0.939. The highest BCUT2D eigenvalue weighted by Gasteiger charge is 2.12. The molecule has 0 N–H and O–H groups in total. The lowest BCUT2D eigenvalue weighted by atomic mass is 10.0. The summed E-state index contributed by atoms with van der Waals surface area (Å²) in [5.41, 5.74) is 6.94. The molecule has 0 aliphatic rings. The average molecular weight is 815 g/mol. The minimum absolute atomic E-state index is 0.939. The molecule has 0 radical (unpaired) electrons. The molecule has 2 heteroatoms. The zero-order valence-electron chi connectivity index (χ0n) is 39.7. The summed E-state index contributed by atoms with van der Waals surface area (Å²) in [4.78, 5) is 11.0. The zero-order chi connectivity index (χ0) is 42.8. The van der Waals surface area contributed by atoms with Gasteiger partial charge < -0.3 is 0 Å². The minimum Gasteiger partial charge on any atom is -0.251 e. The van der Waals surface area contributed by atoms with Crippen molar-refractivity contribution >= 4 is 22.8 Å². The Morgan fingerprint density at radius 1 is 0.417 bits per heavy atom. The lowest BCUT2D eigenvalue weighted by Crippen LogP contribution is -2.12. The fourth-order valence-electron chi connectivity index (χ4n) is 7.79. The Labute approximate surface area is 372 Å². The molecule has 0 fully saturated rings. The fraction of sp³-hybridized carbons (Fsp3) is 0.655. The summed E-state index contributed by atoms with van der Waals surface area (Å²) in [5.74, 6) is 13.4. The van der Waals surface area contributed by atoms with Gasteiger partial charge in [-0.15, -0.1) is 23.7 Å². The number of benzene rings is 2. The maximum Gasteiger partial charge on any atom is 0.0848 e. The number of hydrogen-bond acceptors (Lipinski definition) is 2. The summed E-state index contributed by atoms with van der Waals surface area (Å²) < 4.78 is 0. The Balaban J connectivity index is 2.08. The van der Waals surface area contributed by atoms with Gasteiger partial charge in [-0.1, -0.05) is 199 Å². The molecule has 2 nitrogen and oxygen atoms in total. The summed E-state index contributed by atoms with van der Waals surface area (Å²) >= 11 is 0. The lowest BCUT2D eigenvalue weighted by molar-refractivity contribution is 0.525. The Morgan fingerprint density at radius 3 is 1.28 bits per heavy atom. The summed E-state index contributed by atoms with van der Waals surface area (Å²) in [6.45, 7) is 8.99. The first kappa shape index (κ1) is 52.8. The van der Waals surface area contributed by atoms with Gasteiger partial charge in [0.25, 0.3) is 0 Å². The zero-order valence-corrected chi connectivity index (χ0v) is 39.7. The van der Waals surface area contributed by atoms with Crippen LogP contribution in [0, 0.1) is 23.7 Å². The molecule has 0 unspecified atom stereocenters. The maximum atomic E-state index is 5.50. The van der Waals surface area contributed by atoms with Crippen LogP contribution < -0.4 is 0 Å². The van der Waals surface area contributed by atoms with Gasteiger partial charge in [0.1, 0.15) is 0 Å². The molecule has 0 heterocycles. The summed E-state index contributed by atoms with van der Waals surface area (Å²) in [6.07, 6.45) is 47.2. The lowest BCUT2D eigenvalue weighted by Gasteiger charge is -2.12. The summed E-state index contributed by atoms with van der Waals surface area (Å²) in [5, 5.41) is 0. The standard InChI is InChI=1S/C58H90N2/c1-5-9-13-17-20-21-22-23-24-25-26-27-28-29-30-31-32-33-36-40-52-58(60-56-50-44-42-48-54(56)46-38-35-19-15-11-7-3)57(51-39-16-12-8-4)59-55-49-43-41-47-53(55)45-37-34-18-14-10-6-2/h40-44,47-50,52H,5-13,16-17,20-39,45-46,51H2,1-4H3. The van der Waals surface area contributed by atoms with Crippen LogP contribution in [0.5, 0.6) is 0 Å². The smallest absolute Gasteiger partial charge is 0.0848 e. The van der Waals surface area contributed by atoms with Crippen molar-refractivity contribution in [3.8, 4) is 23.7 Å². The predicted octanol–water partition coefficient (Wildman–Crippen LogP) is 18.7. The van der Waals surface area contributed by atoms with Crippen LogP contribution in [0.1, 0.15) is 244 Å². The van der Waals surface area contributed by atoms with Gasteiger partial charge in [0.05, 0.1) is 22.8 Å². The molecule has 0 aromatic heterocycles. The van der Waals surface area contributed by atoms with E-state index in [2.05, 4.69) is 112 Å². The number of nitrogens with zero attached hydrogens (tertiary/aromatic N) is 2. The first-order valence-corrected chi connectivity index (χ1v) is 25.6. The molecule has 0 atom stereocenters. The van der Waals surface area contributed by atoms with E-state index in [9.17, 15) is 0 Å². The third kappa shape index (κ3) is 28.2. The van der Waals surface area contributed by atoms with Crippen molar-refractivity contribution in [3.63, 3.8) is 0 Å². The SMILES string of the molecule is CCCC#CCCCc1ccccc1N=C(C=CCCCCCCCCCCCCCCCCCCCC)C(CCCCCC)=Nc1ccccc1CCCC#CCCC. The van der Waals surface area contributed by atoms with Gasteiger partial charge in [-0.3, -0.25) is 4.99 Å². The number of unbranched alkanes of at least 4 members (excludes halogenated alkanes) is 25. The maximum absolute atomic E-state index is 5.50. The first-order valence-electron chi connectivity index (χ1n) is 25.6. The van der Waals surface area contributed by atoms with Gasteiger partial charge in [-0.25, -0.2) is 4.99 Å². The van der Waals surface area contributed by atoms with Crippen molar-refractivity contribution < 1.29 is 0 Å². The van der Waals surface area contributed by atoms with Crippen molar-refractivity contribution in [2.45, 2.75) is 246 Å². The Hall–Kier alpha value is -3.36. The molecule has 332 valence electrons. The molecule has 0 bridgehead atoms. The van der Waals surface area contributed by atoms with Crippen LogP contribution in [-0.4, -0.2) is 11.4 Å². The van der Waals surface area contributed by atoms with Gasteiger partial charge in [0, 0.05) is 25.7 Å². The molecule has 0 saturated heterocycles. The molecule has 2 rings (SSSR count). The van der Waals surface area contributed by atoms with Crippen LogP contribution in [0.3, 0.4) is 0 Å². The second-order valence-corrected chi connectivity index (χ2v) is 17.2. The number of para-hydroxylation sites is 2. The monoisotopic (exact) mass is 815 g/mol. The van der Waals surface area contributed by atoms with Crippen LogP contribution in [-0.2, 0) is 12.8 Å². The van der Waals surface area contributed by atoms with Crippen LogP contribution in [0.2, 0.25) is 0 Å². The van der Waals surface area contributed by atoms with E-state index >= 15 is 0 Å². The second kappa shape index (κ2) is 39.8. The van der Waals surface area contributed by atoms with E-state index in [1.807, 2.05) is 0 Å². The largest absolute Gasteiger partial charge is 0.251 e. The van der Waals surface area contributed by atoms with Gasteiger partial charge in [0.2, 0.25) is 0 Å². The first-order chi connectivity index (χ1) is 29.7. The molecular formula is C58H90N2. The molecule has 0 spiro atoms. The molecule has 0 aliphatic carbocycles. The van der Waals surface area contributed by atoms with Crippen LogP contribution in [0.15, 0.2) is 70.7 Å². The number of rotatable bonds is 36. The van der Waals surface area contributed by atoms with Crippen molar-refractivity contribution in [2.24, 2.45) is 9.98 Å². The number of aliphatic imine (C=N–C) groups is 2. The highest BCUT2D eigenvalue weighted by atomic mass is 14.8. The van der Waals surface area contributed by atoms with Crippen LogP contribution >= 0.6 is 0 Å². The molecule has 0 saturated carbocycles. The Kier molecular flexibility index (Phi) is 35.0. The highest BCUT2D eigenvalue weighted by molar-refractivity contribution is 6.47. The van der Waals surface area contributed by atoms with Crippen molar-refractivity contribution in [3.05, 3.63) is 71.8 Å². The average Bonchev–Trinajstić information content (AvgIpc) is 3.27. The number of allylic oxidation sites excluding steroid dienone is 2. The topological polar surface area (TPSA) is 24.7 Å². The van der Waals surface area contributed by atoms with Crippen molar-refractivity contribution in [1.29, 1.82) is 0 Å². The Bertz CT molecular complexity index is 1540. The molecule has 2 aromatic carbocycles. The van der Waals surface area contributed by atoms with E-state index < -0.39 is 0 Å². The van der Waals surface area contributed by atoms with E-state index in [4.69, 9.17) is 9.98 Å². The van der Waals surface area contributed by atoms with Gasteiger partial charge >= 0.3 is 0 Å². The molecule has 0 amide bonds.